The molecule has 0 aliphatic heterocycles. The van der Waals surface area contributed by atoms with Crippen LogP contribution < -0.4 is 11.5 Å². The van der Waals surface area contributed by atoms with E-state index in [0.29, 0.717) is 11.3 Å². The van der Waals surface area contributed by atoms with Crippen molar-refractivity contribution in [2.45, 2.75) is 6.42 Å². The second-order valence-electron chi connectivity index (χ2n) is 2.98. The van der Waals surface area contributed by atoms with Gasteiger partial charge in [0.2, 0.25) is 5.91 Å². The van der Waals surface area contributed by atoms with Crippen LogP contribution in [0.3, 0.4) is 0 Å². The molecule has 0 heterocycles. The standard InChI is InChI=1S/C10H12N2O3/c11-8-3-1-2-7(6-8)10(14)15-5-4-9(12)13/h1-3,6H,4-5,11H2,(H2,12,13). The minimum Gasteiger partial charge on any atom is -0.462 e. The molecule has 80 valence electrons. The van der Waals surface area contributed by atoms with Crippen LogP contribution in [0.4, 0.5) is 5.69 Å². The third kappa shape index (κ3) is 3.68. The number of hydrogen-bond acceptors (Lipinski definition) is 4. The molecule has 0 radical (unpaired) electrons. The van der Waals surface area contributed by atoms with E-state index in [4.69, 9.17) is 16.2 Å². The zero-order chi connectivity index (χ0) is 11.3. The topological polar surface area (TPSA) is 95.4 Å². The van der Waals surface area contributed by atoms with E-state index in [1.807, 2.05) is 0 Å². The summed E-state index contributed by atoms with van der Waals surface area (Å²) >= 11 is 0. The average molecular weight is 208 g/mol. The van der Waals surface area contributed by atoms with Crippen LogP contribution in [0.15, 0.2) is 24.3 Å². The number of carbonyl (C=O) groups excluding carboxylic acids is 2. The molecule has 0 bridgehead atoms. The molecule has 0 fully saturated rings. The van der Waals surface area contributed by atoms with Gasteiger partial charge in [0.25, 0.3) is 0 Å². The number of carbonyl (C=O) groups is 2. The number of amides is 1. The first-order chi connectivity index (χ1) is 7.09. The molecule has 1 rings (SSSR count). The molecule has 4 N–H and O–H groups in total. The molecule has 1 amide bonds. The highest BCUT2D eigenvalue weighted by molar-refractivity contribution is 5.90. The quantitative estimate of drug-likeness (QED) is 0.549. The summed E-state index contributed by atoms with van der Waals surface area (Å²) < 4.78 is 4.80. The lowest BCUT2D eigenvalue weighted by Gasteiger charge is -2.03. The fourth-order valence-electron chi connectivity index (χ4n) is 0.993. The molecule has 0 atom stereocenters. The molecule has 0 saturated carbocycles. The van der Waals surface area contributed by atoms with Crippen molar-refractivity contribution in [3.8, 4) is 0 Å². The summed E-state index contributed by atoms with van der Waals surface area (Å²) in [6, 6.07) is 6.41. The molecule has 15 heavy (non-hydrogen) atoms. The molecular formula is C10H12N2O3. The normalized spacial score (nSPS) is 9.60. The molecular weight excluding hydrogens is 196 g/mol. The summed E-state index contributed by atoms with van der Waals surface area (Å²) in [5, 5.41) is 0. The van der Waals surface area contributed by atoms with Gasteiger partial charge in [0.1, 0.15) is 6.61 Å². The minimum absolute atomic E-state index is 0.0109. The lowest BCUT2D eigenvalue weighted by atomic mass is 10.2. The average Bonchev–Trinajstić information content (AvgIpc) is 2.17. The van der Waals surface area contributed by atoms with Crippen LogP contribution in [0.25, 0.3) is 0 Å². The number of nitrogen functional groups attached to an aromatic ring is 1. The van der Waals surface area contributed by atoms with Crippen LogP contribution in [0.5, 0.6) is 0 Å². The maximum Gasteiger partial charge on any atom is 0.338 e. The van der Waals surface area contributed by atoms with Gasteiger partial charge >= 0.3 is 5.97 Å². The summed E-state index contributed by atoms with van der Waals surface area (Å²) in [5.41, 5.74) is 11.2. The van der Waals surface area contributed by atoms with Gasteiger partial charge in [-0.25, -0.2) is 4.79 Å². The first-order valence-corrected chi connectivity index (χ1v) is 4.40. The fraction of sp³-hybridized carbons (Fsp3) is 0.200. The van der Waals surface area contributed by atoms with Gasteiger partial charge in [-0.3, -0.25) is 4.79 Å². The summed E-state index contributed by atoms with van der Waals surface area (Å²) in [6.07, 6.45) is 0.0219. The molecule has 0 unspecified atom stereocenters. The largest absolute Gasteiger partial charge is 0.462 e. The number of esters is 1. The highest BCUT2D eigenvalue weighted by Crippen LogP contribution is 2.07. The van der Waals surface area contributed by atoms with Crippen LogP contribution in [0.2, 0.25) is 0 Å². The van der Waals surface area contributed by atoms with Crippen molar-refractivity contribution in [2.75, 3.05) is 12.3 Å². The first kappa shape index (κ1) is 11.0. The van der Waals surface area contributed by atoms with Crippen molar-refractivity contribution in [1.82, 2.24) is 0 Å². The Morgan fingerprint density at radius 2 is 2.07 bits per heavy atom. The highest BCUT2D eigenvalue weighted by atomic mass is 16.5. The van der Waals surface area contributed by atoms with Crippen molar-refractivity contribution in [3.63, 3.8) is 0 Å². The predicted octanol–water partition coefficient (Wildman–Crippen LogP) is 0.301. The monoisotopic (exact) mass is 208 g/mol. The molecule has 0 aliphatic rings. The Morgan fingerprint density at radius 1 is 1.33 bits per heavy atom. The summed E-state index contributed by atoms with van der Waals surface area (Å²) in [5.74, 6) is -1.01. The van der Waals surface area contributed by atoms with Gasteiger partial charge in [-0.15, -0.1) is 0 Å². The van der Waals surface area contributed by atoms with E-state index >= 15 is 0 Å². The second kappa shape index (κ2) is 4.99. The Kier molecular flexibility index (Phi) is 3.68. The molecule has 1 aromatic rings. The van der Waals surface area contributed by atoms with Gasteiger partial charge < -0.3 is 16.2 Å². The van der Waals surface area contributed by atoms with E-state index < -0.39 is 11.9 Å². The number of anilines is 1. The van der Waals surface area contributed by atoms with Gasteiger partial charge in [0.05, 0.1) is 12.0 Å². The summed E-state index contributed by atoms with van der Waals surface area (Å²) in [6.45, 7) is -0.0109. The first-order valence-electron chi connectivity index (χ1n) is 4.40. The maximum absolute atomic E-state index is 11.3. The fourth-order valence-corrected chi connectivity index (χ4v) is 0.993. The van der Waals surface area contributed by atoms with Gasteiger partial charge in [-0.1, -0.05) is 6.07 Å². The molecule has 0 spiro atoms. The van der Waals surface area contributed by atoms with E-state index in [-0.39, 0.29) is 13.0 Å². The highest BCUT2D eigenvalue weighted by Gasteiger charge is 2.07. The zero-order valence-corrected chi connectivity index (χ0v) is 8.10. The van der Waals surface area contributed by atoms with E-state index in [2.05, 4.69) is 0 Å². The summed E-state index contributed by atoms with van der Waals surface area (Å²) in [7, 11) is 0. The molecule has 5 heteroatoms. The SMILES string of the molecule is NC(=O)CCOC(=O)c1cccc(N)c1. The molecule has 0 aromatic heterocycles. The molecule has 5 nitrogen and oxygen atoms in total. The number of ether oxygens (including phenoxy) is 1. The minimum atomic E-state index is -0.511. The van der Waals surface area contributed by atoms with E-state index in [0.717, 1.165) is 0 Å². The smallest absolute Gasteiger partial charge is 0.338 e. The van der Waals surface area contributed by atoms with E-state index in [1.54, 1.807) is 18.2 Å². The number of rotatable bonds is 4. The summed E-state index contributed by atoms with van der Waals surface area (Å²) in [4.78, 5) is 21.7. The zero-order valence-electron chi connectivity index (χ0n) is 8.10. The Balaban J connectivity index is 2.50. The van der Waals surface area contributed by atoms with Crippen molar-refractivity contribution in [1.29, 1.82) is 0 Å². The number of hydrogen-bond donors (Lipinski definition) is 2. The Bertz CT molecular complexity index is 377. The van der Waals surface area contributed by atoms with Crippen LogP contribution >= 0.6 is 0 Å². The van der Waals surface area contributed by atoms with Crippen LogP contribution in [-0.2, 0) is 9.53 Å². The van der Waals surface area contributed by atoms with Crippen molar-refractivity contribution in [3.05, 3.63) is 29.8 Å². The van der Waals surface area contributed by atoms with E-state index in [9.17, 15) is 9.59 Å². The van der Waals surface area contributed by atoms with Gasteiger partial charge in [0.15, 0.2) is 0 Å². The third-order valence-electron chi connectivity index (χ3n) is 1.70. The molecule has 0 saturated heterocycles. The molecule has 0 aliphatic carbocycles. The van der Waals surface area contributed by atoms with Crippen LogP contribution in [-0.4, -0.2) is 18.5 Å². The van der Waals surface area contributed by atoms with Gasteiger partial charge in [0, 0.05) is 5.69 Å². The lowest BCUT2D eigenvalue weighted by Crippen LogP contribution is -2.15. The van der Waals surface area contributed by atoms with Crippen molar-refractivity contribution < 1.29 is 14.3 Å². The molecule has 1 aromatic carbocycles. The Morgan fingerprint density at radius 3 is 2.67 bits per heavy atom. The predicted molar refractivity (Wildman–Crippen MR) is 54.9 cm³/mol. The van der Waals surface area contributed by atoms with Crippen molar-refractivity contribution >= 4 is 17.6 Å². The van der Waals surface area contributed by atoms with Gasteiger partial charge in [-0.05, 0) is 18.2 Å². The third-order valence-corrected chi connectivity index (χ3v) is 1.70. The van der Waals surface area contributed by atoms with Crippen LogP contribution in [0, 0.1) is 0 Å². The van der Waals surface area contributed by atoms with Crippen LogP contribution in [0.1, 0.15) is 16.8 Å². The van der Waals surface area contributed by atoms with Crippen molar-refractivity contribution in [2.24, 2.45) is 5.73 Å². The number of benzene rings is 1. The van der Waals surface area contributed by atoms with E-state index in [1.165, 1.54) is 6.07 Å². The number of nitrogens with two attached hydrogens (primary N) is 2. The van der Waals surface area contributed by atoms with Gasteiger partial charge in [-0.2, -0.15) is 0 Å². The second-order valence-corrected chi connectivity index (χ2v) is 2.98. The Hall–Kier alpha value is -2.04. The number of primary amides is 1. The maximum atomic E-state index is 11.3. The Labute approximate surface area is 87.0 Å². The lowest BCUT2D eigenvalue weighted by molar-refractivity contribution is -0.118.